The number of thioether (sulfide) groups is 1. The summed E-state index contributed by atoms with van der Waals surface area (Å²) in [6, 6.07) is 20.3. The second kappa shape index (κ2) is 10.1. The van der Waals surface area contributed by atoms with Gasteiger partial charge in [-0.05, 0) is 43.6 Å². The Labute approximate surface area is 191 Å². The van der Waals surface area contributed by atoms with Crippen molar-refractivity contribution >= 4 is 11.8 Å². The number of aromatic nitrogens is 5. The van der Waals surface area contributed by atoms with Crippen LogP contribution in [0.3, 0.4) is 0 Å². The first-order valence-corrected chi connectivity index (χ1v) is 12.0. The lowest BCUT2D eigenvalue weighted by atomic mass is 10.1. The Morgan fingerprint density at radius 3 is 2.31 bits per heavy atom. The average molecular weight is 447 g/mol. The molecule has 0 bridgehead atoms. The Hall–Kier alpha value is -2.97. The van der Waals surface area contributed by atoms with Crippen LogP contribution in [-0.2, 0) is 18.8 Å². The summed E-state index contributed by atoms with van der Waals surface area (Å²) in [5.41, 5.74) is 2.16. The maximum atomic E-state index is 5.87. The summed E-state index contributed by atoms with van der Waals surface area (Å²) in [7, 11) is 0. The monoisotopic (exact) mass is 446 g/mol. The third kappa shape index (κ3) is 5.08. The molecule has 3 heterocycles. The van der Waals surface area contributed by atoms with E-state index in [1.165, 1.54) is 24.8 Å². The Kier molecular flexibility index (Phi) is 6.60. The van der Waals surface area contributed by atoms with Crippen molar-refractivity contribution in [2.45, 2.75) is 43.3 Å². The summed E-state index contributed by atoms with van der Waals surface area (Å²) in [5, 5.41) is 18.4. The third-order valence-corrected chi connectivity index (χ3v) is 6.55. The zero-order chi connectivity index (χ0) is 21.6. The fourth-order valence-corrected chi connectivity index (χ4v) is 4.71. The minimum absolute atomic E-state index is 0.540. The fourth-order valence-electron chi connectivity index (χ4n) is 3.92. The summed E-state index contributed by atoms with van der Waals surface area (Å²) >= 11 is 1.59. The van der Waals surface area contributed by atoms with Gasteiger partial charge in [-0.1, -0.05) is 66.7 Å². The molecule has 0 saturated carbocycles. The SMILES string of the molecule is c1ccc(Cn2c(CN3CCCCC3)nnc2SCc2nnc(-c3ccccc3)o2)cc1. The summed E-state index contributed by atoms with van der Waals surface area (Å²) in [5.74, 6) is 2.68. The minimum atomic E-state index is 0.540. The van der Waals surface area contributed by atoms with Crippen LogP contribution in [0.4, 0.5) is 0 Å². The van der Waals surface area contributed by atoms with E-state index in [9.17, 15) is 0 Å². The minimum Gasteiger partial charge on any atom is -0.420 e. The highest BCUT2D eigenvalue weighted by atomic mass is 32.2. The Balaban J connectivity index is 1.33. The maximum Gasteiger partial charge on any atom is 0.247 e. The Morgan fingerprint density at radius 2 is 1.53 bits per heavy atom. The van der Waals surface area contributed by atoms with Crippen LogP contribution in [0.2, 0.25) is 0 Å². The quantitative estimate of drug-likeness (QED) is 0.365. The van der Waals surface area contributed by atoms with Crippen molar-refractivity contribution in [3.05, 3.63) is 77.9 Å². The van der Waals surface area contributed by atoms with Crippen molar-refractivity contribution in [3.63, 3.8) is 0 Å². The molecule has 5 rings (SSSR count). The molecule has 0 aliphatic carbocycles. The lowest BCUT2D eigenvalue weighted by molar-refractivity contribution is 0.213. The number of rotatable bonds is 8. The van der Waals surface area contributed by atoms with Gasteiger partial charge in [-0.25, -0.2) is 0 Å². The molecule has 2 aromatic heterocycles. The molecule has 0 radical (unpaired) electrons. The van der Waals surface area contributed by atoms with Gasteiger partial charge in [0.05, 0.1) is 18.8 Å². The number of nitrogens with zero attached hydrogens (tertiary/aromatic N) is 6. The molecule has 1 aliphatic rings. The lowest BCUT2D eigenvalue weighted by Crippen LogP contribution is -2.30. The predicted molar refractivity (Wildman–Crippen MR) is 124 cm³/mol. The summed E-state index contributed by atoms with van der Waals surface area (Å²) in [6.45, 7) is 3.84. The summed E-state index contributed by atoms with van der Waals surface area (Å²) < 4.78 is 8.09. The van der Waals surface area contributed by atoms with Gasteiger partial charge in [0.2, 0.25) is 11.8 Å². The number of likely N-dealkylation sites (tertiary alicyclic amines) is 1. The molecule has 4 aromatic rings. The Morgan fingerprint density at radius 1 is 0.781 bits per heavy atom. The van der Waals surface area contributed by atoms with Crippen LogP contribution < -0.4 is 0 Å². The molecule has 0 N–H and O–H groups in total. The smallest absolute Gasteiger partial charge is 0.247 e. The molecule has 0 unspecified atom stereocenters. The molecule has 0 amide bonds. The van der Waals surface area contributed by atoms with Crippen molar-refractivity contribution in [2.24, 2.45) is 0 Å². The van der Waals surface area contributed by atoms with E-state index in [1.54, 1.807) is 11.8 Å². The zero-order valence-corrected chi connectivity index (χ0v) is 18.7. The van der Waals surface area contributed by atoms with E-state index in [2.05, 4.69) is 54.1 Å². The van der Waals surface area contributed by atoms with Crippen LogP contribution in [0.5, 0.6) is 0 Å². The molecular weight excluding hydrogens is 420 g/mol. The number of piperidine rings is 1. The summed E-state index contributed by atoms with van der Waals surface area (Å²) in [4.78, 5) is 2.48. The third-order valence-electron chi connectivity index (χ3n) is 5.60. The van der Waals surface area contributed by atoms with Crippen LogP contribution in [-0.4, -0.2) is 43.0 Å². The first kappa shape index (κ1) is 20.9. The van der Waals surface area contributed by atoms with Gasteiger partial charge < -0.3 is 8.98 Å². The topological polar surface area (TPSA) is 72.9 Å². The molecule has 1 saturated heterocycles. The predicted octanol–water partition coefficient (Wildman–Crippen LogP) is 4.65. The van der Waals surface area contributed by atoms with Gasteiger partial charge in [-0.3, -0.25) is 4.90 Å². The van der Waals surface area contributed by atoms with Crippen LogP contribution in [0.1, 0.15) is 36.5 Å². The number of hydrogen-bond acceptors (Lipinski definition) is 7. The highest BCUT2D eigenvalue weighted by molar-refractivity contribution is 7.98. The van der Waals surface area contributed by atoms with Crippen LogP contribution >= 0.6 is 11.8 Å². The maximum absolute atomic E-state index is 5.87. The molecule has 1 aliphatic heterocycles. The Bertz CT molecular complexity index is 1120. The van der Waals surface area contributed by atoms with E-state index in [0.717, 1.165) is 42.7 Å². The molecule has 1 fully saturated rings. The van der Waals surface area contributed by atoms with Gasteiger partial charge in [0.25, 0.3) is 0 Å². The normalized spacial score (nSPS) is 14.6. The van der Waals surface area contributed by atoms with Crippen molar-refractivity contribution in [1.82, 2.24) is 29.9 Å². The van der Waals surface area contributed by atoms with Gasteiger partial charge in [-0.15, -0.1) is 20.4 Å². The largest absolute Gasteiger partial charge is 0.420 e. The lowest BCUT2D eigenvalue weighted by Gasteiger charge is -2.26. The van der Waals surface area contributed by atoms with Crippen LogP contribution in [0.25, 0.3) is 11.5 Å². The van der Waals surface area contributed by atoms with Gasteiger partial charge >= 0.3 is 0 Å². The molecule has 8 heteroatoms. The van der Waals surface area contributed by atoms with Crippen LogP contribution in [0.15, 0.2) is 70.2 Å². The standard InChI is InChI=1S/C24H26N6OS/c1-4-10-19(11-5-1)16-30-21(17-29-14-8-3-9-15-29)25-28-24(30)32-18-22-26-27-23(31-22)20-12-6-2-7-13-20/h1-2,4-7,10-13H,3,8-9,14-18H2. The van der Waals surface area contributed by atoms with E-state index < -0.39 is 0 Å². The van der Waals surface area contributed by atoms with E-state index in [4.69, 9.17) is 4.42 Å². The van der Waals surface area contributed by atoms with E-state index >= 15 is 0 Å². The van der Waals surface area contributed by atoms with Gasteiger partial charge in [0.1, 0.15) is 5.82 Å². The van der Waals surface area contributed by atoms with Gasteiger partial charge in [-0.2, -0.15) is 0 Å². The van der Waals surface area contributed by atoms with Gasteiger partial charge in [0, 0.05) is 5.56 Å². The number of hydrogen-bond donors (Lipinski definition) is 0. The number of benzene rings is 2. The second-order valence-corrected chi connectivity index (χ2v) is 8.91. The van der Waals surface area contributed by atoms with Crippen molar-refractivity contribution < 1.29 is 4.42 Å². The molecule has 164 valence electrons. The second-order valence-electron chi connectivity index (χ2n) is 7.96. The molecule has 0 atom stereocenters. The highest BCUT2D eigenvalue weighted by Gasteiger charge is 2.19. The van der Waals surface area contributed by atoms with Crippen molar-refractivity contribution in [3.8, 4) is 11.5 Å². The molecule has 32 heavy (non-hydrogen) atoms. The molecule has 0 spiro atoms. The highest BCUT2D eigenvalue weighted by Crippen LogP contribution is 2.25. The van der Waals surface area contributed by atoms with E-state index in [0.29, 0.717) is 17.5 Å². The first-order valence-electron chi connectivity index (χ1n) is 11.0. The van der Waals surface area contributed by atoms with E-state index in [1.807, 2.05) is 36.4 Å². The zero-order valence-electron chi connectivity index (χ0n) is 17.9. The molecular formula is C24H26N6OS. The van der Waals surface area contributed by atoms with Crippen LogP contribution in [0, 0.1) is 0 Å². The average Bonchev–Trinajstić information content (AvgIpc) is 3.47. The van der Waals surface area contributed by atoms with E-state index in [-0.39, 0.29) is 0 Å². The fraction of sp³-hybridized carbons (Fsp3) is 0.333. The molecule has 2 aromatic carbocycles. The van der Waals surface area contributed by atoms with Gasteiger partial charge in [0.15, 0.2) is 5.16 Å². The van der Waals surface area contributed by atoms with Crippen molar-refractivity contribution in [2.75, 3.05) is 13.1 Å². The summed E-state index contributed by atoms with van der Waals surface area (Å²) in [6.07, 6.45) is 3.84. The van der Waals surface area contributed by atoms with Crippen molar-refractivity contribution in [1.29, 1.82) is 0 Å². The first-order chi connectivity index (χ1) is 15.8. The molecule has 7 nitrogen and oxygen atoms in total.